The molecule has 5 heteroatoms. The van der Waals surface area contributed by atoms with Crippen LogP contribution >= 0.6 is 11.6 Å². The third kappa shape index (κ3) is 1.85. The van der Waals surface area contributed by atoms with E-state index in [2.05, 4.69) is 0 Å². The zero-order valence-electron chi connectivity index (χ0n) is 7.24. The van der Waals surface area contributed by atoms with Crippen LogP contribution in [0.1, 0.15) is 26.3 Å². The summed E-state index contributed by atoms with van der Waals surface area (Å²) in [6.07, 6.45) is 0. The Morgan fingerprint density at radius 1 is 1.14 bits per heavy atom. The van der Waals surface area contributed by atoms with Gasteiger partial charge in [-0.1, -0.05) is 11.6 Å². The summed E-state index contributed by atoms with van der Waals surface area (Å²) >= 11 is 5.61. The smallest absolute Gasteiger partial charge is 0.337 e. The lowest BCUT2D eigenvalue weighted by atomic mass is 10.1. The molecule has 0 bridgehead atoms. The van der Waals surface area contributed by atoms with Crippen LogP contribution in [0, 0.1) is 6.92 Å². The Morgan fingerprint density at radius 3 is 1.79 bits per heavy atom. The summed E-state index contributed by atoms with van der Waals surface area (Å²) in [4.78, 5) is 21.3. The van der Waals surface area contributed by atoms with Crippen LogP contribution in [0.15, 0.2) is 12.1 Å². The van der Waals surface area contributed by atoms with Crippen molar-refractivity contribution < 1.29 is 19.8 Å². The molecule has 0 fully saturated rings. The van der Waals surface area contributed by atoms with Gasteiger partial charge in [-0.25, -0.2) is 9.59 Å². The van der Waals surface area contributed by atoms with Crippen LogP contribution in [0.5, 0.6) is 0 Å². The number of carboxylic acid groups (broad SMARTS) is 2. The van der Waals surface area contributed by atoms with Crippen LogP contribution in [-0.2, 0) is 0 Å². The molecule has 0 atom stereocenters. The minimum Gasteiger partial charge on any atom is -0.478 e. The summed E-state index contributed by atoms with van der Waals surface area (Å²) in [6.45, 7) is 1.61. The first kappa shape index (κ1) is 10.5. The first-order chi connectivity index (χ1) is 6.43. The minimum absolute atomic E-state index is 0.191. The Bertz CT molecular complexity index is 376. The summed E-state index contributed by atoms with van der Waals surface area (Å²) in [5.41, 5.74) is 0.164. The maximum absolute atomic E-state index is 10.7. The van der Waals surface area contributed by atoms with Gasteiger partial charge in [0.15, 0.2) is 0 Å². The number of halogens is 1. The molecule has 0 aliphatic carbocycles. The topological polar surface area (TPSA) is 74.6 Å². The van der Waals surface area contributed by atoms with Gasteiger partial charge in [0.1, 0.15) is 0 Å². The standard InChI is InChI=1S/C9H7ClO4/c1-4-2-5(8(11)12)7(10)6(3-4)9(13)14/h2-3H,1H3,(H,11,12)(H,13,14). The average Bonchev–Trinajstić information content (AvgIpc) is 2.07. The number of hydrogen-bond donors (Lipinski definition) is 2. The number of carboxylic acids is 2. The summed E-state index contributed by atoms with van der Waals surface area (Å²) < 4.78 is 0. The molecule has 0 aliphatic heterocycles. The molecule has 0 saturated carbocycles. The van der Waals surface area contributed by atoms with E-state index in [1.165, 1.54) is 12.1 Å². The molecule has 4 nitrogen and oxygen atoms in total. The molecule has 0 saturated heterocycles. The zero-order valence-corrected chi connectivity index (χ0v) is 8.00. The molecule has 0 radical (unpaired) electrons. The van der Waals surface area contributed by atoms with Crippen LogP contribution < -0.4 is 0 Å². The van der Waals surface area contributed by atoms with E-state index in [0.717, 1.165) is 0 Å². The van der Waals surface area contributed by atoms with Crippen molar-refractivity contribution in [2.75, 3.05) is 0 Å². The second-order valence-corrected chi connectivity index (χ2v) is 3.16. The van der Waals surface area contributed by atoms with Gasteiger partial charge < -0.3 is 10.2 Å². The SMILES string of the molecule is Cc1cc(C(=O)O)c(Cl)c(C(=O)O)c1. The molecule has 0 spiro atoms. The number of aryl methyl sites for hydroxylation is 1. The van der Waals surface area contributed by atoms with Crippen molar-refractivity contribution in [3.05, 3.63) is 33.8 Å². The highest BCUT2D eigenvalue weighted by Crippen LogP contribution is 2.23. The predicted octanol–water partition coefficient (Wildman–Crippen LogP) is 2.04. The number of rotatable bonds is 2. The zero-order chi connectivity index (χ0) is 10.9. The lowest BCUT2D eigenvalue weighted by Crippen LogP contribution is -2.05. The maximum atomic E-state index is 10.7. The molecular weight excluding hydrogens is 208 g/mol. The van der Waals surface area contributed by atoms with E-state index in [4.69, 9.17) is 21.8 Å². The first-order valence-electron chi connectivity index (χ1n) is 3.70. The van der Waals surface area contributed by atoms with E-state index in [0.29, 0.717) is 5.56 Å². The molecule has 1 aromatic rings. The summed E-state index contributed by atoms with van der Waals surface area (Å²) in [7, 11) is 0. The predicted molar refractivity (Wildman–Crippen MR) is 50.1 cm³/mol. The van der Waals surface area contributed by atoms with Crippen LogP contribution in [0.2, 0.25) is 5.02 Å². The van der Waals surface area contributed by atoms with Gasteiger partial charge in [0.2, 0.25) is 0 Å². The Balaban J connectivity index is 3.47. The van der Waals surface area contributed by atoms with Gasteiger partial charge in [0, 0.05) is 0 Å². The fourth-order valence-electron chi connectivity index (χ4n) is 1.08. The average molecular weight is 215 g/mol. The Hall–Kier alpha value is -1.55. The van der Waals surface area contributed by atoms with Crippen molar-refractivity contribution in [2.45, 2.75) is 6.92 Å². The second-order valence-electron chi connectivity index (χ2n) is 2.78. The molecule has 14 heavy (non-hydrogen) atoms. The van der Waals surface area contributed by atoms with Crippen molar-refractivity contribution in [3.8, 4) is 0 Å². The summed E-state index contributed by atoms with van der Waals surface area (Å²) in [5, 5.41) is 17.2. The Kier molecular flexibility index (Phi) is 2.76. The normalized spacial score (nSPS) is 9.86. The van der Waals surface area contributed by atoms with Gasteiger partial charge in [0.05, 0.1) is 16.1 Å². The lowest BCUT2D eigenvalue weighted by Gasteiger charge is -2.04. The van der Waals surface area contributed by atoms with E-state index in [9.17, 15) is 9.59 Å². The van der Waals surface area contributed by atoms with Crippen LogP contribution in [0.4, 0.5) is 0 Å². The Labute approximate surface area is 84.7 Å². The molecular formula is C9H7ClO4. The number of carbonyl (C=O) groups is 2. The van der Waals surface area contributed by atoms with Crippen molar-refractivity contribution >= 4 is 23.5 Å². The molecule has 1 aromatic carbocycles. The molecule has 0 aliphatic rings. The van der Waals surface area contributed by atoms with Crippen molar-refractivity contribution in [3.63, 3.8) is 0 Å². The number of aromatic carboxylic acids is 2. The maximum Gasteiger partial charge on any atom is 0.337 e. The van der Waals surface area contributed by atoms with Gasteiger partial charge in [-0.05, 0) is 24.6 Å². The summed E-state index contributed by atoms with van der Waals surface area (Å²) in [5.74, 6) is -2.47. The third-order valence-electron chi connectivity index (χ3n) is 1.68. The van der Waals surface area contributed by atoms with Crippen LogP contribution in [0.25, 0.3) is 0 Å². The Morgan fingerprint density at radius 2 is 1.50 bits per heavy atom. The second kappa shape index (κ2) is 3.67. The van der Waals surface area contributed by atoms with E-state index >= 15 is 0 Å². The molecule has 74 valence electrons. The molecule has 1 rings (SSSR count). The highest BCUT2D eigenvalue weighted by atomic mass is 35.5. The van der Waals surface area contributed by atoms with E-state index < -0.39 is 11.9 Å². The summed E-state index contributed by atoms with van der Waals surface area (Å²) in [6, 6.07) is 2.66. The quantitative estimate of drug-likeness (QED) is 0.790. The molecule has 0 aromatic heterocycles. The molecule has 0 heterocycles. The van der Waals surface area contributed by atoms with Crippen molar-refractivity contribution in [2.24, 2.45) is 0 Å². The van der Waals surface area contributed by atoms with E-state index in [-0.39, 0.29) is 16.1 Å². The minimum atomic E-state index is -1.23. The van der Waals surface area contributed by atoms with Gasteiger partial charge in [-0.2, -0.15) is 0 Å². The lowest BCUT2D eigenvalue weighted by molar-refractivity contribution is 0.0696. The van der Waals surface area contributed by atoms with Crippen LogP contribution in [0.3, 0.4) is 0 Å². The van der Waals surface area contributed by atoms with Crippen molar-refractivity contribution in [1.29, 1.82) is 0 Å². The third-order valence-corrected chi connectivity index (χ3v) is 2.08. The van der Waals surface area contributed by atoms with E-state index in [1.54, 1.807) is 6.92 Å². The highest BCUT2D eigenvalue weighted by Gasteiger charge is 2.17. The van der Waals surface area contributed by atoms with Crippen molar-refractivity contribution in [1.82, 2.24) is 0 Å². The largest absolute Gasteiger partial charge is 0.478 e. The molecule has 0 unspecified atom stereocenters. The van der Waals surface area contributed by atoms with Gasteiger partial charge in [-0.15, -0.1) is 0 Å². The first-order valence-corrected chi connectivity index (χ1v) is 4.08. The van der Waals surface area contributed by atoms with E-state index in [1.807, 2.05) is 0 Å². The number of hydrogen-bond acceptors (Lipinski definition) is 2. The highest BCUT2D eigenvalue weighted by molar-refractivity contribution is 6.36. The van der Waals surface area contributed by atoms with Crippen LogP contribution in [-0.4, -0.2) is 22.2 Å². The fraction of sp³-hybridized carbons (Fsp3) is 0.111. The van der Waals surface area contributed by atoms with Gasteiger partial charge in [0.25, 0.3) is 0 Å². The number of benzene rings is 1. The monoisotopic (exact) mass is 214 g/mol. The van der Waals surface area contributed by atoms with Gasteiger partial charge >= 0.3 is 11.9 Å². The van der Waals surface area contributed by atoms with Gasteiger partial charge in [-0.3, -0.25) is 0 Å². The fourth-order valence-corrected chi connectivity index (χ4v) is 1.35. The molecule has 0 amide bonds. The molecule has 2 N–H and O–H groups in total.